The topological polar surface area (TPSA) is 125 Å². The number of carbonyl (C=O) groups is 2. The Hall–Kier alpha value is -2.97. The van der Waals surface area contributed by atoms with Gasteiger partial charge in [-0.25, -0.2) is 14.3 Å². The Labute approximate surface area is 139 Å². The Morgan fingerprint density at radius 3 is 2.75 bits per heavy atom. The van der Waals surface area contributed by atoms with Crippen LogP contribution in [0.15, 0.2) is 30.3 Å². The normalized spacial score (nSPS) is 11.7. The van der Waals surface area contributed by atoms with E-state index in [1.807, 2.05) is 37.3 Å². The lowest BCUT2D eigenvalue weighted by Gasteiger charge is -2.16. The predicted molar refractivity (Wildman–Crippen MR) is 84.6 cm³/mol. The SMILES string of the molecule is CCCn1nnnc1COC(=O)[C@H](Cc1ccccc1)NC(N)=O. The number of nitrogens with zero attached hydrogens (tertiary/aromatic N) is 4. The highest BCUT2D eigenvalue weighted by Gasteiger charge is 2.22. The van der Waals surface area contributed by atoms with Crippen molar-refractivity contribution in [1.82, 2.24) is 25.5 Å². The van der Waals surface area contributed by atoms with Gasteiger partial charge in [0, 0.05) is 13.0 Å². The van der Waals surface area contributed by atoms with E-state index >= 15 is 0 Å². The molecule has 24 heavy (non-hydrogen) atoms. The first-order valence-electron chi connectivity index (χ1n) is 7.61. The van der Waals surface area contributed by atoms with Crippen LogP contribution < -0.4 is 11.1 Å². The minimum absolute atomic E-state index is 0.0719. The summed E-state index contributed by atoms with van der Waals surface area (Å²) in [5.74, 6) is -0.147. The third-order valence-electron chi connectivity index (χ3n) is 3.27. The summed E-state index contributed by atoms with van der Waals surface area (Å²) in [6.45, 7) is 2.55. The number of urea groups is 1. The van der Waals surface area contributed by atoms with Crippen LogP contribution in [0.5, 0.6) is 0 Å². The Kier molecular flexibility index (Phi) is 6.23. The molecule has 9 heteroatoms. The van der Waals surface area contributed by atoms with Gasteiger partial charge in [-0.15, -0.1) is 5.10 Å². The molecule has 0 aliphatic heterocycles. The number of carbonyl (C=O) groups excluding carboxylic acids is 2. The van der Waals surface area contributed by atoms with Crippen LogP contribution in [0, 0.1) is 0 Å². The van der Waals surface area contributed by atoms with Gasteiger partial charge in [0.1, 0.15) is 6.04 Å². The van der Waals surface area contributed by atoms with Crippen LogP contribution in [0.25, 0.3) is 0 Å². The van der Waals surface area contributed by atoms with E-state index in [-0.39, 0.29) is 13.0 Å². The van der Waals surface area contributed by atoms with Crippen molar-refractivity contribution in [3.63, 3.8) is 0 Å². The Bertz CT molecular complexity index is 673. The minimum Gasteiger partial charge on any atom is -0.456 e. The molecule has 0 unspecified atom stereocenters. The van der Waals surface area contributed by atoms with Gasteiger partial charge < -0.3 is 15.8 Å². The number of rotatable bonds is 8. The molecule has 128 valence electrons. The van der Waals surface area contributed by atoms with Crippen LogP contribution in [0.1, 0.15) is 24.7 Å². The van der Waals surface area contributed by atoms with Gasteiger partial charge in [0.2, 0.25) is 0 Å². The molecule has 0 radical (unpaired) electrons. The zero-order chi connectivity index (χ0) is 17.4. The van der Waals surface area contributed by atoms with Crippen LogP contribution in [0.3, 0.4) is 0 Å². The Morgan fingerprint density at radius 1 is 1.33 bits per heavy atom. The fraction of sp³-hybridized carbons (Fsp3) is 0.400. The zero-order valence-electron chi connectivity index (χ0n) is 13.4. The molecule has 0 fully saturated rings. The number of tetrazole rings is 1. The molecule has 0 saturated heterocycles. The maximum atomic E-state index is 12.3. The lowest BCUT2D eigenvalue weighted by atomic mass is 10.1. The first kappa shape index (κ1) is 17.4. The average Bonchev–Trinajstić information content (AvgIpc) is 3.00. The fourth-order valence-corrected chi connectivity index (χ4v) is 2.16. The molecule has 2 amide bonds. The number of aromatic nitrogens is 4. The van der Waals surface area contributed by atoms with Crippen molar-refractivity contribution in [2.24, 2.45) is 5.73 Å². The third-order valence-corrected chi connectivity index (χ3v) is 3.27. The Morgan fingerprint density at radius 2 is 2.08 bits per heavy atom. The van der Waals surface area contributed by atoms with Crippen molar-refractivity contribution < 1.29 is 14.3 Å². The lowest BCUT2D eigenvalue weighted by Crippen LogP contribution is -2.45. The van der Waals surface area contributed by atoms with Gasteiger partial charge in [-0.2, -0.15) is 0 Å². The van der Waals surface area contributed by atoms with E-state index < -0.39 is 18.0 Å². The van der Waals surface area contributed by atoms with Crippen molar-refractivity contribution in [2.75, 3.05) is 0 Å². The number of nitrogens with two attached hydrogens (primary N) is 1. The number of nitrogens with one attached hydrogen (secondary N) is 1. The highest BCUT2D eigenvalue weighted by atomic mass is 16.5. The number of benzene rings is 1. The summed E-state index contributed by atoms with van der Waals surface area (Å²) in [5, 5.41) is 13.6. The van der Waals surface area contributed by atoms with E-state index in [1.165, 1.54) is 0 Å². The maximum Gasteiger partial charge on any atom is 0.329 e. The predicted octanol–water partition coefficient (Wildman–Crippen LogP) is 0.406. The molecule has 3 N–H and O–H groups in total. The van der Waals surface area contributed by atoms with Crippen molar-refractivity contribution in [2.45, 2.75) is 39.0 Å². The standard InChI is InChI=1S/C15H20N6O3/c1-2-8-21-13(18-19-20-21)10-24-14(22)12(17-15(16)23)9-11-6-4-3-5-7-11/h3-7,12H,2,8-10H2,1H3,(H3,16,17,23)/t12-/m0/s1. The van der Waals surface area contributed by atoms with E-state index in [9.17, 15) is 9.59 Å². The maximum absolute atomic E-state index is 12.3. The molecule has 9 nitrogen and oxygen atoms in total. The van der Waals surface area contributed by atoms with Gasteiger partial charge in [0.05, 0.1) is 0 Å². The van der Waals surface area contributed by atoms with Gasteiger partial charge in [-0.3, -0.25) is 0 Å². The summed E-state index contributed by atoms with van der Waals surface area (Å²) >= 11 is 0. The molecule has 0 aliphatic carbocycles. The summed E-state index contributed by atoms with van der Waals surface area (Å²) in [6.07, 6.45) is 1.13. The molecule has 1 aromatic heterocycles. The first-order valence-corrected chi connectivity index (χ1v) is 7.61. The summed E-state index contributed by atoms with van der Waals surface area (Å²) in [4.78, 5) is 23.4. The van der Waals surface area contributed by atoms with E-state index in [0.717, 1.165) is 12.0 Å². The number of amides is 2. The number of primary amides is 1. The van der Waals surface area contributed by atoms with Gasteiger partial charge >= 0.3 is 12.0 Å². The smallest absolute Gasteiger partial charge is 0.329 e. The summed E-state index contributed by atoms with van der Waals surface area (Å²) in [5.41, 5.74) is 6.02. The molecular weight excluding hydrogens is 312 g/mol. The molecule has 0 saturated carbocycles. The van der Waals surface area contributed by atoms with Crippen molar-refractivity contribution in [1.29, 1.82) is 0 Å². The van der Waals surface area contributed by atoms with Crippen molar-refractivity contribution >= 4 is 12.0 Å². The quantitative estimate of drug-likeness (QED) is 0.674. The van der Waals surface area contributed by atoms with Crippen LogP contribution in [0.2, 0.25) is 0 Å². The second-order valence-corrected chi connectivity index (χ2v) is 5.18. The minimum atomic E-state index is -0.875. The zero-order valence-corrected chi connectivity index (χ0v) is 13.4. The summed E-state index contributed by atoms with van der Waals surface area (Å²) in [6, 6.07) is 7.60. The largest absolute Gasteiger partial charge is 0.456 e. The molecular formula is C15H20N6O3. The van der Waals surface area contributed by atoms with Gasteiger partial charge in [0.25, 0.3) is 0 Å². The molecule has 1 aromatic carbocycles. The second kappa shape index (κ2) is 8.61. The molecule has 1 heterocycles. The van der Waals surface area contributed by atoms with Gasteiger partial charge in [0.15, 0.2) is 12.4 Å². The number of hydrogen-bond acceptors (Lipinski definition) is 6. The Balaban J connectivity index is 1.99. The van der Waals surface area contributed by atoms with Crippen LogP contribution >= 0.6 is 0 Å². The first-order chi connectivity index (χ1) is 11.6. The molecule has 2 aromatic rings. The second-order valence-electron chi connectivity index (χ2n) is 5.18. The lowest BCUT2D eigenvalue weighted by molar-refractivity contribution is -0.147. The van der Waals surface area contributed by atoms with Crippen LogP contribution in [-0.2, 0) is 29.1 Å². The number of hydrogen-bond donors (Lipinski definition) is 2. The molecule has 0 aliphatic rings. The third kappa shape index (κ3) is 5.04. The molecule has 0 spiro atoms. The van der Waals surface area contributed by atoms with Crippen molar-refractivity contribution in [3.05, 3.63) is 41.7 Å². The number of esters is 1. The van der Waals surface area contributed by atoms with Gasteiger partial charge in [-0.1, -0.05) is 37.3 Å². The average molecular weight is 332 g/mol. The monoisotopic (exact) mass is 332 g/mol. The van der Waals surface area contributed by atoms with Crippen LogP contribution in [0.4, 0.5) is 4.79 Å². The molecule has 0 bridgehead atoms. The summed E-state index contributed by atoms with van der Waals surface area (Å²) in [7, 11) is 0. The highest BCUT2D eigenvalue weighted by molar-refractivity contribution is 5.83. The molecule has 1 atom stereocenters. The molecule has 2 rings (SSSR count). The fourth-order valence-electron chi connectivity index (χ4n) is 2.16. The van der Waals surface area contributed by atoms with Crippen molar-refractivity contribution in [3.8, 4) is 0 Å². The number of ether oxygens (including phenoxy) is 1. The number of aryl methyl sites for hydroxylation is 1. The van der Waals surface area contributed by atoms with Gasteiger partial charge in [-0.05, 0) is 22.4 Å². The van der Waals surface area contributed by atoms with E-state index in [0.29, 0.717) is 12.4 Å². The summed E-state index contributed by atoms with van der Waals surface area (Å²) < 4.78 is 6.81. The van der Waals surface area contributed by atoms with E-state index in [4.69, 9.17) is 10.5 Å². The van der Waals surface area contributed by atoms with Crippen LogP contribution in [-0.4, -0.2) is 38.2 Å². The van der Waals surface area contributed by atoms with E-state index in [2.05, 4.69) is 20.8 Å². The highest BCUT2D eigenvalue weighted by Crippen LogP contribution is 2.06. The van der Waals surface area contributed by atoms with E-state index in [1.54, 1.807) is 4.68 Å².